The van der Waals surface area contributed by atoms with Crippen molar-refractivity contribution in [3.8, 4) is 11.5 Å². The number of carbonyl (C=O) groups is 1. The minimum Gasteiger partial charge on any atom is -0.481 e. The van der Waals surface area contributed by atoms with E-state index < -0.39 is 5.97 Å². The van der Waals surface area contributed by atoms with E-state index >= 15 is 0 Å². The average Bonchev–Trinajstić information content (AvgIpc) is 2.87. The quantitative estimate of drug-likeness (QED) is 0.805. The zero-order valence-electron chi connectivity index (χ0n) is 8.47. The summed E-state index contributed by atoms with van der Waals surface area (Å²) in [6.45, 7) is 0.250. The summed E-state index contributed by atoms with van der Waals surface area (Å²) in [5.74, 6) is 0.442. The Morgan fingerprint density at radius 1 is 1.38 bits per heavy atom. The van der Waals surface area contributed by atoms with Crippen molar-refractivity contribution in [3.05, 3.63) is 18.2 Å². The van der Waals surface area contributed by atoms with Crippen molar-refractivity contribution in [1.82, 2.24) is 0 Å². The highest BCUT2D eigenvalue weighted by Crippen LogP contribution is 2.38. The van der Waals surface area contributed by atoms with Gasteiger partial charge in [-0.15, -0.1) is 0 Å². The first-order chi connectivity index (χ1) is 7.74. The third kappa shape index (κ3) is 1.54. The molecule has 0 aromatic heterocycles. The zero-order chi connectivity index (χ0) is 11.1. The van der Waals surface area contributed by atoms with Gasteiger partial charge in [-0.25, -0.2) is 0 Å². The van der Waals surface area contributed by atoms with Crippen LogP contribution in [0.4, 0.5) is 5.69 Å². The molecule has 1 aromatic carbocycles. The number of benzene rings is 1. The van der Waals surface area contributed by atoms with Gasteiger partial charge in [-0.2, -0.15) is 0 Å². The largest absolute Gasteiger partial charge is 0.481 e. The molecule has 5 heteroatoms. The molecule has 5 nitrogen and oxygen atoms in total. The summed E-state index contributed by atoms with van der Waals surface area (Å²) in [6.07, 6.45) is 0.684. The standard InChI is InChI=1S/C11H11NO4/c13-11(14)7-4-8(7)12-6-1-2-9-10(3-6)16-5-15-9/h1-3,7-8,12H,4-5H2,(H,13,14). The van der Waals surface area contributed by atoms with Crippen molar-refractivity contribution >= 4 is 11.7 Å². The van der Waals surface area contributed by atoms with Gasteiger partial charge in [0, 0.05) is 17.8 Å². The number of nitrogens with one attached hydrogen (secondary N) is 1. The maximum absolute atomic E-state index is 10.7. The van der Waals surface area contributed by atoms with Gasteiger partial charge in [0.15, 0.2) is 11.5 Å². The van der Waals surface area contributed by atoms with Crippen molar-refractivity contribution in [3.63, 3.8) is 0 Å². The summed E-state index contributed by atoms with van der Waals surface area (Å²) in [5.41, 5.74) is 0.873. The molecule has 1 aliphatic carbocycles. The Balaban J connectivity index is 1.70. The van der Waals surface area contributed by atoms with Crippen LogP contribution in [-0.2, 0) is 4.79 Å². The monoisotopic (exact) mass is 221 g/mol. The number of ether oxygens (including phenoxy) is 2. The Morgan fingerprint density at radius 2 is 2.19 bits per heavy atom. The molecule has 1 heterocycles. The van der Waals surface area contributed by atoms with E-state index in [0.29, 0.717) is 12.2 Å². The summed E-state index contributed by atoms with van der Waals surface area (Å²) in [6, 6.07) is 5.56. The van der Waals surface area contributed by atoms with Crippen LogP contribution in [0.1, 0.15) is 6.42 Å². The van der Waals surface area contributed by atoms with Gasteiger partial charge in [-0.3, -0.25) is 4.79 Å². The smallest absolute Gasteiger partial charge is 0.308 e. The molecule has 1 saturated carbocycles. The molecule has 2 atom stereocenters. The molecule has 1 fully saturated rings. The Morgan fingerprint density at radius 3 is 2.94 bits per heavy atom. The normalized spacial score (nSPS) is 25.2. The second-order valence-electron chi connectivity index (χ2n) is 4.00. The summed E-state index contributed by atoms with van der Waals surface area (Å²) in [4.78, 5) is 10.7. The van der Waals surface area contributed by atoms with Gasteiger partial charge in [0.05, 0.1) is 5.92 Å². The van der Waals surface area contributed by atoms with E-state index in [1.807, 2.05) is 18.2 Å². The molecule has 0 saturated heterocycles. The van der Waals surface area contributed by atoms with Crippen LogP contribution in [0.2, 0.25) is 0 Å². The maximum atomic E-state index is 10.7. The van der Waals surface area contributed by atoms with E-state index in [9.17, 15) is 4.79 Å². The molecule has 2 N–H and O–H groups in total. The van der Waals surface area contributed by atoms with Crippen LogP contribution < -0.4 is 14.8 Å². The van der Waals surface area contributed by atoms with Crippen molar-refractivity contribution in [2.24, 2.45) is 5.92 Å². The molecule has 1 aliphatic heterocycles. The van der Waals surface area contributed by atoms with Crippen molar-refractivity contribution < 1.29 is 19.4 Å². The molecule has 84 valence electrons. The highest BCUT2D eigenvalue weighted by atomic mass is 16.7. The van der Waals surface area contributed by atoms with Gasteiger partial charge in [0.1, 0.15) is 0 Å². The van der Waals surface area contributed by atoms with Crippen molar-refractivity contribution in [2.75, 3.05) is 12.1 Å². The molecule has 2 aliphatic rings. The minimum absolute atomic E-state index is 0.0397. The van der Waals surface area contributed by atoms with Crippen LogP contribution >= 0.6 is 0 Å². The molecule has 1 aromatic rings. The van der Waals surface area contributed by atoms with E-state index in [4.69, 9.17) is 14.6 Å². The van der Waals surface area contributed by atoms with Crippen LogP contribution in [0, 0.1) is 5.92 Å². The van der Waals surface area contributed by atoms with Crippen LogP contribution in [0.15, 0.2) is 18.2 Å². The molecule has 0 spiro atoms. The Hall–Kier alpha value is -1.91. The Bertz CT molecular complexity index is 446. The second-order valence-corrected chi connectivity index (χ2v) is 4.00. The lowest BCUT2D eigenvalue weighted by molar-refractivity contribution is -0.138. The van der Waals surface area contributed by atoms with E-state index in [0.717, 1.165) is 11.4 Å². The van der Waals surface area contributed by atoms with Crippen LogP contribution in [-0.4, -0.2) is 23.9 Å². The average molecular weight is 221 g/mol. The third-order valence-electron chi connectivity index (χ3n) is 2.83. The summed E-state index contributed by atoms with van der Waals surface area (Å²) < 4.78 is 10.4. The first-order valence-corrected chi connectivity index (χ1v) is 5.13. The lowest BCUT2D eigenvalue weighted by atomic mass is 10.2. The lowest BCUT2D eigenvalue weighted by Crippen LogP contribution is -2.09. The summed E-state index contributed by atoms with van der Waals surface area (Å²) in [5, 5.41) is 11.9. The number of aliphatic carboxylic acids is 1. The Labute approximate surface area is 92.0 Å². The molecular formula is C11H11NO4. The second kappa shape index (κ2) is 3.30. The highest BCUT2D eigenvalue weighted by molar-refractivity contribution is 5.75. The molecule has 0 bridgehead atoms. The van der Waals surface area contributed by atoms with E-state index in [1.165, 1.54) is 0 Å². The van der Waals surface area contributed by atoms with E-state index in [-0.39, 0.29) is 18.8 Å². The predicted molar refractivity (Wildman–Crippen MR) is 55.7 cm³/mol. The Kier molecular flexibility index (Phi) is 1.92. The number of anilines is 1. The number of carboxylic acids is 1. The molecule has 0 radical (unpaired) electrons. The molecule has 0 amide bonds. The number of carboxylic acid groups (broad SMARTS) is 1. The molecule has 3 rings (SSSR count). The number of hydrogen-bond acceptors (Lipinski definition) is 4. The summed E-state index contributed by atoms with van der Waals surface area (Å²) in [7, 11) is 0. The fourth-order valence-electron chi connectivity index (χ4n) is 1.83. The van der Waals surface area contributed by atoms with Gasteiger partial charge < -0.3 is 19.9 Å². The zero-order valence-corrected chi connectivity index (χ0v) is 8.47. The fourth-order valence-corrected chi connectivity index (χ4v) is 1.83. The molecular weight excluding hydrogens is 210 g/mol. The number of hydrogen-bond donors (Lipinski definition) is 2. The SMILES string of the molecule is O=C(O)C1CC1Nc1ccc2c(c1)OCO2. The number of rotatable bonds is 3. The van der Waals surface area contributed by atoms with Gasteiger partial charge in [0.2, 0.25) is 6.79 Å². The van der Waals surface area contributed by atoms with Gasteiger partial charge in [-0.1, -0.05) is 0 Å². The maximum Gasteiger partial charge on any atom is 0.308 e. The topological polar surface area (TPSA) is 67.8 Å². The lowest BCUT2D eigenvalue weighted by Gasteiger charge is -2.05. The van der Waals surface area contributed by atoms with Gasteiger partial charge in [0.25, 0.3) is 0 Å². The molecule has 16 heavy (non-hydrogen) atoms. The van der Waals surface area contributed by atoms with E-state index in [2.05, 4.69) is 5.32 Å². The van der Waals surface area contributed by atoms with Gasteiger partial charge in [-0.05, 0) is 18.6 Å². The van der Waals surface area contributed by atoms with Crippen LogP contribution in [0.3, 0.4) is 0 Å². The first kappa shape index (κ1) is 9.33. The third-order valence-corrected chi connectivity index (χ3v) is 2.83. The van der Waals surface area contributed by atoms with Crippen LogP contribution in [0.5, 0.6) is 11.5 Å². The van der Waals surface area contributed by atoms with Crippen molar-refractivity contribution in [1.29, 1.82) is 0 Å². The summed E-state index contributed by atoms with van der Waals surface area (Å²) >= 11 is 0. The fraction of sp³-hybridized carbons (Fsp3) is 0.364. The van der Waals surface area contributed by atoms with E-state index in [1.54, 1.807) is 0 Å². The van der Waals surface area contributed by atoms with Crippen LogP contribution in [0.25, 0.3) is 0 Å². The van der Waals surface area contributed by atoms with Crippen molar-refractivity contribution in [2.45, 2.75) is 12.5 Å². The predicted octanol–water partition coefficient (Wildman–Crippen LogP) is 1.30. The highest BCUT2D eigenvalue weighted by Gasteiger charge is 2.43. The number of fused-ring (bicyclic) bond motifs is 1. The minimum atomic E-state index is -0.738. The van der Waals surface area contributed by atoms with Gasteiger partial charge >= 0.3 is 5.97 Å². The molecule has 2 unspecified atom stereocenters. The first-order valence-electron chi connectivity index (χ1n) is 5.13.